The summed E-state index contributed by atoms with van der Waals surface area (Å²) in [6.07, 6.45) is -0.125. The van der Waals surface area contributed by atoms with E-state index in [-0.39, 0.29) is 22.9 Å². The molecule has 0 aliphatic carbocycles. The van der Waals surface area contributed by atoms with Crippen LogP contribution >= 0.6 is 23.2 Å². The van der Waals surface area contributed by atoms with Crippen molar-refractivity contribution >= 4 is 66.2 Å². The molecule has 1 heterocycles. The smallest absolute Gasteiger partial charge is 0.267 e. The topological polar surface area (TPSA) is 122 Å². The Bertz CT molecular complexity index is 1540. The van der Waals surface area contributed by atoms with Crippen LogP contribution in [0, 0.1) is 6.92 Å². The van der Waals surface area contributed by atoms with Crippen LogP contribution in [0.5, 0.6) is 5.75 Å². The van der Waals surface area contributed by atoms with Crippen molar-refractivity contribution in [1.82, 2.24) is 0 Å². The lowest BCUT2D eigenvalue weighted by molar-refractivity contribution is -0.122. The maximum atomic E-state index is 12.9. The standard InChI is InChI=1S/C23H21Cl2N3O6S2/c1-14-18(25)4-3-5-19(14)27-36(32,33)17-9-7-16(8-10-17)26-23(29)22-13-28(35(2,30)31)20-12-15(24)6-11-21(20)34-22/h3-12,22,27H,13H2,1-2H3,(H,26,29)/t22-/m1/s1. The lowest BCUT2D eigenvalue weighted by atomic mass is 10.2. The molecule has 1 atom stereocenters. The number of benzene rings is 3. The summed E-state index contributed by atoms with van der Waals surface area (Å²) in [4.78, 5) is 12.9. The zero-order valence-corrected chi connectivity index (χ0v) is 22.2. The number of fused-ring (bicyclic) bond motifs is 1. The summed E-state index contributed by atoms with van der Waals surface area (Å²) in [5, 5.41) is 3.38. The van der Waals surface area contributed by atoms with E-state index in [1.165, 1.54) is 42.5 Å². The number of sulfonamides is 2. The van der Waals surface area contributed by atoms with E-state index in [0.717, 1.165) is 10.6 Å². The molecule has 0 radical (unpaired) electrons. The van der Waals surface area contributed by atoms with Crippen LogP contribution in [0.4, 0.5) is 17.1 Å². The third-order valence-electron chi connectivity index (χ3n) is 5.43. The highest BCUT2D eigenvalue weighted by Gasteiger charge is 2.35. The summed E-state index contributed by atoms with van der Waals surface area (Å²) in [7, 11) is -7.63. The average Bonchev–Trinajstić information content (AvgIpc) is 2.81. The van der Waals surface area contributed by atoms with Crippen LogP contribution in [0.3, 0.4) is 0 Å². The van der Waals surface area contributed by atoms with Gasteiger partial charge < -0.3 is 10.1 Å². The molecule has 0 spiro atoms. The molecule has 2 N–H and O–H groups in total. The summed E-state index contributed by atoms with van der Waals surface area (Å²) in [6.45, 7) is 1.44. The average molecular weight is 570 g/mol. The Balaban J connectivity index is 1.50. The van der Waals surface area contributed by atoms with E-state index in [4.69, 9.17) is 27.9 Å². The fourth-order valence-electron chi connectivity index (χ4n) is 3.54. The fraction of sp³-hybridized carbons (Fsp3) is 0.174. The number of nitrogens with one attached hydrogen (secondary N) is 2. The molecule has 4 rings (SSSR count). The first-order valence-corrected chi connectivity index (χ1v) is 14.6. The van der Waals surface area contributed by atoms with E-state index >= 15 is 0 Å². The van der Waals surface area contributed by atoms with Crippen LogP contribution in [0.1, 0.15) is 5.56 Å². The molecule has 0 saturated carbocycles. The predicted molar refractivity (Wildman–Crippen MR) is 140 cm³/mol. The van der Waals surface area contributed by atoms with Crippen LogP contribution in [0.15, 0.2) is 65.6 Å². The Hall–Kier alpha value is -2.99. The first-order chi connectivity index (χ1) is 16.8. The van der Waals surface area contributed by atoms with Gasteiger partial charge in [0.25, 0.3) is 15.9 Å². The number of amides is 1. The van der Waals surface area contributed by atoms with Gasteiger partial charge in [0.05, 0.1) is 29.1 Å². The zero-order chi connectivity index (χ0) is 26.3. The molecule has 9 nitrogen and oxygen atoms in total. The minimum absolute atomic E-state index is 0.0251. The van der Waals surface area contributed by atoms with Gasteiger partial charge >= 0.3 is 0 Å². The van der Waals surface area contributed by atoms with E-state index in [0.29, 0.717) is 27.0 Å². The number of hydrogen-bond acceptors (Lipinski definition) is 6. The van der Waals surface area contributed by atoms with Gasteiger partial charge in [0.2, 0.25) is 10.0 Å². The van der Waals surface area contributed by atoms with Crippen molar-refractivity contribution in [3.63, 3.8) is 0 Å². The highest BCUT2D eigenvalue weighted by molar-refractivity contribution is 7.92. The summed E-state index contributed by atoms with van der Waals surface area (Å²) < 4.78 is 59.5. The number of carbonyl (C=O) groups excluding carboxylic acids is 1. The van der Waals surface area contributed by atoms with E-state index in [2.05, 4.69) is 10.0 Å². The number of nitrogens with zero attached hydrogens (tertiary/aromatic N) is 1. The SMILES string of the molecule is Cc1c(Cl)cccc1NS(=O)(=O)c1ccc(NC(=O)[C@H]2CN(S(C)(=O)=O)c3cc(Cl)ccc3O2)cc1. The molecule has 0 aromatic heterocycles. The minimum atomic E-state index is -3.91. The van der Waals surface area contributed by atoms with Gasteiger partial charge in [-0.25, -0.2) is 16.8 Å². The van der Waals surface area contributed by atoms with Crippen molar-refractivity contribution in [3.8, 4) is 5.75 Å². The Morgan fingerprint density at radius 1 is 1.03 bits per heavy atom. The van der Waals surface area contributed by atoms with Gasteiger partial charge in [-0.15, -0.1) is 0 Å². The number of rotatable bonds is 6. The molecule has 0 unspecified atom stereocenters. The number of halogens is 2. The van der Waals surface area contributed by atoms with Gasteiger partial charge in [-0.2, -0.15) is 0 Å². The van der Waals surface area contributed by atoms with Gasteiger partial charge in [-0.05, 0) is 67.1 Å². The van der Waals surface area contributed by atoms with Crippen LogP contribution in [0.2, 0.25) is 10.0 Å². The van der Waals surface area contributed by atoms with Crippen molar-refractivity contribution in [2.24, 2.45) is 0 Å². The number of carbonyl (C=O) groups is 1. The number of anilines is 3. The lowest BCUT2D eigenvalue weighted by Crippen LogP contribution is -2.48. The monoisotopic (exact) mass is 569 g/mol. The quantitative estimate of drug-likeness (QED) is 0.457. The van der Waals surface area contributed by atoms with Crippen molar-refractivity contribution in [2.45, 2.75) is 17.9 Å². The molecule has 0 bridgehead atoms. The van der Waals surface area contributed by atoms with E-state index in [1.807, 2.05) is 0 Å². The second-order valence-electron chi connectivity index (χ2n) is 8.04. The van der Waals surface area contributed by atoms with Crippen LogP contribution in [-0.4, -0.2) is 41.6 Å². The van der Waals surface area contributed by atoms with Crippen LogP contribution < -0.4 is 19.1 Å². The predicted octanol–water partition coefficient (Wildman–Crippen LogP) is 4.27. The molecular weight excluding hydrogens is 549 g/mol. The first kappa shape index (κ1) is 26.1. The zero-order valence-electron chi connectivity index (χ0n) is 19.0. The highest BCUT2D eigenvalue weighted by atomic mass is 35.5. The molecule has 1 aliphatic heterocycles. The van der Waals surface area contributed by atoms with E-state index in [1.54, 1.807) is 25.1 Å². The molecular formula is C23H21Cl2N3O6S2. The lowest BCUT2D eigenvalue weighted by Gasteiger charge is -2.34. The first-order valence-electron chi connectivity index (χ1n) is 10.5. The van der Waals surface area contributed by atoms with Gasteiger partial charge in [-0.1, -0.05) is 29.3 Å². The third kappa shape index (κ3) is 5.54. The summed E-state index contributed by atoms with van der Waals surface area (Å²) in [6, 6.07) is 14.9. The molecule has 36 heavy (non-hydrogen) atoms. The summed E-state index contributed by atoms with van der Waals surface area (Å²) in [5.74, 6) is -0.410. The molecule has 13 heteroatoms. The number of hydrogen-bond donors (Lipinski definition) is 2. The Morgan fingerprint density at radius 2 is 1.72 bits per heavy atom. The summed E-state index contributed by atoms with van der Waals surface area (Å²) >= 11 is 12.1. The molecule has 3 aromatic rings. The van der Waals surface area contributed by atoms with Gasteiger partial charge in [0.1, 0.15) is 5.75 Å². The molecule has 1 aliphatic rings. The summed E-state index contributed by atoms with van der Waals surface area (Å²) in [5.41, 5.74) is 1.48. The highest BCUT2D eigenvalue weighted by Crippen LogP contribution is 2.37. The maximum absolute atomic E-state index is 12.9. The fourth-order valence-corrected chi connectivity index (χ4v) is 5.91. The molecule has 3 aromatic carbocycles. The third-order valence-corrected chi connectivity index (χ3v) is 8.60. The molecule has 0 fully saturated rings. The normalized spacial score (nSPS) is 15.6. The largest absolute Gasteiger partial charge is 0.476 e. The Kier molecular flexibility index (Phi) is 7.11. The van der Waals surface area contributed by atoms with Crippen LogP contribution in [0.25, 0.3) is 0 Å². The second kappa shape index (κ2) is 9.81. The minimum Gasteiger partial charge on any atom is -0.476 e. The Morgan fingerprint density at radius 3 is 2.39 bits per heavy atom. The van der Waals surface area contributed by atoms with Crippen LogP contribution in [-0.2, 0) is 24.8 Å². The van der Waals surface area contributed by atoms with Gasteiger partial charge in [0, 0.05) is 15.7 Å². The number of ether oxygens (including phenoxy) is 1. The van der Waals surface area contributed by atoms with Gasteiger partial charge in [0.15, 0.2) is 6.10 Å². The van der Waals surface area contributed by atoms with E-state index in [9.17, 15) is 21.6 Å². The second-order valence-corrected chi connectivity index (χ2v) is 12.5. The molecule has 190 valence electrons. The van der Waals surface area contributed by atoms with E-state index < -0.39 is 32.1 Å². The van der Waals surface area contributed by atoms with Crippen molar-refractivity contribution in [1.29, 1.82) is 0 Å². The van der Waals surface area contributed by atoms with Crippen molar-refractivity contribution < 1.29 is 26.4 Å². The van der Waals surface area contributed by atoms with Crippen molar-refractivity contribution in [2.75, 3.05) is 27.1 Å². The molecule has 1 amide bonds. The molecule has 0 saturated heterocycles. The Labute approximate surface area is 219 Å². The maximum Gasteiger partial charge on any atom is 0.267 e. The van der Waals surface area contributed by atoms with Gasteiger partial charge in [-0.3, -0.25) is 13.8 Å². The van der Waals surface area contributed by atoms with Crippen molar-refractivity contribution in [3.05, 3.63) is 76.3 Å².